The molecule has 1 saturated heterocycles. The first kappa shape index (κ1) is 19.4. The minimum atomic E-state index is -0.386. The van der Waals surface area contributed by atoms with Crippen molar-refractivity contribution in [2.75, 3.05) is 6.54 Å². The fraction of sp³-hybridized carbons (Fsp3) is 0.500. The van der Waals surface area contributed by atoms with Crippen LogP contribution in [0.15, 0.2) is 33.6 Å². The van der Waals surface area contributed by atoms with E-state index in [0.29, 0.717) is 4.91 Å². The van der Waals surface area contributed by atoms with Gasteiger partial charge in [-0.1, -0.05) is 28.1 Å². The van der Waals surface area contributed by atoms with Crippen molar-refractivity contribution in [3.8, 4) is 0 Å². The van der Waals surface area contributed by atoms with Crippen LogP contribution in [0, 0.1) is 17.8 Å². The monoisotopic (exact) mass is 474 g/mol. The third kappa shape index (κ3) is 3.79. The number of imide groups is 1. The quantitative estimate of drug-likeness (QED) is 0.648. The summed E-state index contributed by atoms with van der Waals surface area (Å²) in [7, 11) is 0. The second-order valence-electron chi connectivity index (χ2n) is 9.07. The molecular formula is C22H23BrN2O3S. The van der Waals surface area contributed by atoms with Gasteiger partial charge in [0, 0.05) is 10.0 Å². The smallest absolute Gasteiger partial charge is 0.294 e. The summed E-state index contributed by atoms with van der Waals surface area (Å²) in [4.78, 5) is 39.3. The van der Waals surface area contributed by atoms with Gasteiger partial charge in [0.25, 0.3) is 11.1 Å². The third-order valence-electron chi connectivity index (χ3n) is 6.79. The van der Waals surface area contributed by atoms with Crippen molar-refractivity contribution in [2.24, 2.45) is 17.8 Å². The Morgan fingerprint density at radius 1 is 1.10 bits per heavy atom. The van der Waals surface area contributed by atoms with E-state index in [1.54, 1.807) is 6.08 Å². The molecule has 0 aromatic heterocycles. The highest BCUT2D eigenvalue weighted by atomic mass is 79.9. The number of benzene rings is 1. The van der Waals surface area contributed by atoms with Gasteiger partial charge in [0.1, 0.15) is 6.54 Å². The molecule has 7 heteroatoms. The van der Waals surface area contributed by atoms with E-state index in [9.17, 15) is 14.4 Å². The summed E-state index contributed by atoms with van der Waals surface area (Å²) in [5.41, 5.74) is 0.734. The molecule has 1 aromatic rings. The Kier molecular flexibility index (Phi) is 4.86. The molecule has 1 N–H and O–H groups in total. The van der Waals surface area contributed by atoms with Crippen molar-refractivity contribution in [2.45, 2.75) is 44.1 Å². The molecule has 0 radical (unpaired) electrons. The van der Waals surface area contributed by atoms with E-state index >= 15 is 0 Å². The number of hydrogen-bond donors (Lipinski definition) is 1. The molecular weight excluding hydrogens is 452 g/mol. The highest BCUT2D eigenvalue weighted by molar-refractivity contribution is 9.10. The van der Waals surface area contributed by atoms with Crippen LogP contribution >= 0.6 is 27.7 Å². The van der Waals surface area contributed by atoms with Gasteiger partial charge in [-0.15, -0.1) is 0 Å². The average molecular weight is 475 g/mol. The van der Waals surface area contributed by atoms with Crippen molar-refractivity contribution < 1.29 is 14.4 Å². The van der Waals surface area contributed by atoms with Crippen LogP contribution < -0.4 is 5.32 Å². The van der Waals surface area contributed by atoms with Crippen molar-refractivity contribution in [3.05, 3.63) is 39.2 Å². The summed E-state index contributed by atoms with van der Waals surface area (Å²) in [5.74, 6) is 1.59. The van der Waals surface area contributed by atoms with Crippen LogP contribution in [0.5, 0.6) is 0 Å². The van der Waals surface area contributed by atoms with E-state index in [1.807, 2.05) is 24.3 Å². The molecule has 0 spiro atoms. The maximum absolute atomic E-state index is 12.8. The number of nitrogens with one attached hydrogen (secondary N) is 1. The van der Waals surface area contributed by atoms with Crippen LogP contribution in [0.25, 0.3) is 6.08 Å². The molecule has 4 saturated carbocycles. The number of carbonyl (C=O) groups excluding carboxylic acids is 3. The lowest BCUT2D eigenvalue weighted by Gasteiger charge is -2.56. The Bertz CT molecular complexity index is 876. The number of thioether (sulfide) groups is 1. The van der Waals surface area contributed by atoms with Gasteiger partial charge in [-0.05, 0) is 91.8 Å². The maximum atomic E-state index is 12.8. The van der Waals surface area contributed by atoms with E-state index < -0.39 is 0 Å². The van der Waals surface area contributed by atoms with E-state index in [4.69, 9.17) is 0 Å². The second kappa shape index (κ2) is 7.27. The first-order valence-electron chi connectivity index (χ1n) is 10.2. The third-order valence-corrected chi connectivity index (χ3v) is 8.22. The average Bonchev–Trinajstić information content (AvgIpc) is 2.89. The molecule has 4 bridgehead atoms. The Balaban J connectivity index is 1.26. The van der Waals surface area contributed by atoms with Gasteiger partial charge in [-0.3, -0.25) is 19.3 Å². The SMILES string of the molecule is O=C(CN1C(=O)S/C(=C\c2ccc(Br)cc2)C1=O)NC12CC3CC(CC(C3)C1)C2. The molecule has 29 heavy (non-hydrogen) atoms. The van der Waals surface area contributed by atoms with E-state index in [1.165, 1.54) is 19.3 Å². The minimum Gasteiger partial charge on any atom is -0.349 e. The fourth-order valence-corrected chi connectivity index (χ4v) is 7.19. The summed E-state index contributed by atoms with van der Waals surface area (Å²) in [6, 6.07) is 7.51. The van der Waals surface area contributed by atoms with Crippen LogP contribution in [0.3, 0.4) is 0 Å². The first-order valence-corrected chi connectivity index (χ1v) is 11.8. The van der Waals surface area contributed by atoms with Crippen molar-refractivity contribution >= 4 is 50.8 Å². The topological polar surface area (TPSA) is 66.5 Å². The van der Waals surface area contributed by atoms with Crippen LogP contribution in [0.1, 0.15) is 44.1 Å². The molecule has 1 aromatic carbocycles. The van der Waals surface area contributed by atoms with Gasteiger partial charge in [-0.25, -0.2) is 0 Å². The summed E-state index contributed by atoms with van der Waals surface area (Å²) in [6.07, 6.45) is 8.77. The number of nitrogens with zero attached hydrogens (tertiary/aromatic N) is 1. The Labute approximate surface area is 182 Å². The molecule has 6 rings (SSSR count). The number of carbonyl (C=O) groups is 3. The Morgan fingerprint density at radius 3 is 2.28 bits per heavy atom. The van der Waals surface area contributed by atoms with Gasteiger partial charge < -0.3 is 5.32 Å². The predicted octanol–water partition coefficient (Wildman–Crippen LogP) is 4.57. The summed E-state index contributed by atoms with van der Waals surface area (Å²) in [5, 5.41) is 2.87. The van der Waals surface area contributed by atoms with Gasteiger partial charge in [-0.2, -0.15) is 0 Å². The van der Waals surface area contributed by atoms with Gasteiger partial charge in [0.05, 0.1) is 4.91 Å². The zero-order valence-electron chi connectivity index (χ0n) is 16.0. The van der Waals surface area contributed by atoms with Crippen molar-refractivity contribution in [1.82, 2.24) is 10.2 Å². The number of hydrogen-bond acceptors (Lipinski definition) is 4. The maximum Gasteiger partial charge on any atom is 0.294 e. The normalized spacial score (nSPS) is 34.3. The predicted molar refractivity (Wildman–Crippen MR) is 116 cm³/mol. The van der Waals surface area contributed by atoms with Crippen LogP contribution in [0.2, 0.25) is 0 Å². The van der Waals surface area contributed by atoms with Crippen LogP contribution in [-0.4, -0.2) is 34.0 Å². The molecule has 0 unspecified atom stereocenters. The Morgan fingerprint density at radius 2 is 1.69 bits per heavy atom. The standard InChI is InChI=1S/C22H23BrN2O3S/c23-17-3-1-13(2-4-17)8-18-20(27)25(21(28)29-18)12-19(26)24-22-9-14-5-15(10-22)7-16(6-14)11-22/h1-4,8,14-16H,5-7,9-12H2,(H,24,26)/b18-8-. The summed E-state index contributed by atoms with van der Waals surface area (Å²) < 4.78 is 0.948. The molecule has 5 fully saturated rings. The molecule has 1 heterocycles. The zero-order valence-corrected chi connectivity index (χ0v) is 18.4. The minimum absolute atomic E-state index is 0.110. The summed E-state index contributed by atoms with van der Waals surface area (Å²) >= 11 is 4.28. The number of rotatable bonds is 4. The Hall–Kier alpha value is -1.60. The molecule has 0 atom stereocenters. The second-order valence-corrected chi connectivity index (χ2v) is 11.0. The first-order chi connectivity index (χ1) is 13.9. The number of halogens is 1. The van der Waals surface area contributed by atoms with Gasteiger partial charge in [0.15, 0.2) is 0 Å². The largest absolute Gasteiger partial charge is 0.349 e. The van der Waals surface area contributed by atoms with Crippen LogP contribution in [0.4, 0.5) is 4.79 Å². The molecule has 5 aliphatic rings. The lowest BCUT2D eigenvalue weighted by Crippen LogP contribution is -2.61. The molecule has 4 aliphatic carbocycles. The highest BCUT2D eigenvalue weighted by Crippen LogP contribution is 2.55. The fourth-order valence-electron chi connectivity index (χ4n) is 6.09. The zero-order chi connectivity index (χ0) is 20.2. The van der Waals surface area contributed by atoms with Crippen LogP contribution in [-0.2, 0) is 9.59 Å². The molecule has 5 nitrogen and oxygen atoms in total. The highest BCUT2D eigenvalue weighted by Gasteiger charge is 2.51. The van der Waals surface area contributed by atoms with Gasteiger partial charge >= 0.3 is 0 Å². The van der Waals surface area contributed by atoms with Crippen molar-refractivity contribution in [3.63, 3.8) is 0 Å². The van der Waals surface area contributed by atoms with Gasteiger partial charge in [0.2, 0.25) is 5.91 Å². The van der Waals surface area contributed by atoms with Crippen molar-refractivity contribution in [1.29, 1.82) is 0 Å². The molecule has 1 aliphatic heterocycles. The lowest BCUT2D eigenvalue weighted by molar-refractivity contribution is -0.132. The van der Waals surface area contributed by atoms with E-state index in [-0.39, 0.29) is 29.1 Å². The van der Waals surface area contributed by atoms with E-state index in [0.717, 1.165) is 63.7 Å². The lowest BCUT2D eigenvalue weighted by atomic mass is 9.53. The molecule has 152 valence electrons. The summed E-state index contributed by atoms with van der Waals surface area (Å²) in [6.45, 7) is -0.190. The molecule has 3 amide bonds. The van der Waals surface area contributed by atoms with E-state index in [2.05, 4.69) is 21.2 Å². The number of amides is 3.